The fourth-order valence-corrected chi connectivity index (χ4v) is 3.21. The molecular weight excluding hydrogens is 174 g/mol. The van der Waals surface area contributed by atoms with Crippen molar-refractivity contribution in [3.63, 3.8) is 0 Å². The van der Waals surface area contributed by atoms with Crippen molar-refractivity contribution in [3.8, 4) is 0 Å². The minimum atomic E-state index is -2.97. The maximum absolute atomic E-state index is 11.3. The third-order valence-electron chi connectivity index (χ3n) is 2.64. The Morgan fingerprint density at radius 1 is 1.50 bits per heavy atom. The SMILES string of the molecule is CS(=O)(=O)N1CC2CC=CC1C2. The van der Waals surface area contributed by atoms with Gasteiger partial charge in [0.1, 0.15) is 0 Å². The van der Waals surface area contributed by atoms with E-state index in [1.54, 1.807) is 4.31 Å². The summed E-state index contributed by atoms with van der Waals surface area (Å²) in [4.78, 5) is 0. The van der Waals surface area contributed by atoms with Crippen LogP contribution in [0.4, 0.5) is 0 Å². The number of hydrogen-bond acceptors (Lipinski definition) is 2. The van der Waals surface area contributed by atoms with E-state index in [4.69, 9.17) is 0 Å². The topological polar surface area (TPSA) is 37.4 Å². The van der Waals surface area contributed by atoms with Crippen LogP contribution < -0.4 is 0 Å². The molecule has 0 N–H and O–H groups in total. The van der Waals surface area contributed by atoms with Crippen LogP contribution in [-0.2, 0) is 10.0 Å². The molecule has 2 unspecified atom stereocenters. The monoisotopic (exact) mass is 187 g/mol. The molecule has 0 aromatic heterocycles. The van der Waals surface area contributed by atoms with Gasteiger partial charge in [0.15, 0.2) is 0 Å². The summed E-state index contributed by atoms with van der Waals surface area (Å²) in [7, 11) is -2.97. The van der Waals surface area contributed by atoms with Gasteiger partial charge < -0.3 is 0 Å². The summed E-state index contributed by atoms with van der Waals surface area (Å²) in [5, 5.41) is 0. The average Bonchev–Trinajstić information content (AvgIpc) is 2.25. The first-order valence-electron chi connectivity index (χ1n) is 4.21. The second kappa shape index (κ2) is 2.57. The van der Waals surface area contributed by atoms with E-state index in [0.717, 1.165) is 19.4 Å². The number of rotatable bonds is 1. The molecule has 2 bridgehead atoms. The average molecular weight is 187 g/mol. The summed E-state index contributed by atoms with van der Waals surface area (Å²) in [5.74, 6) is 0.565. The van der Waals surface area contributed by atoms with Crippen molar-refractivity contribution in [1.29, 1.82) is 0 Å². The minimum absolute atomic E-state index is 0.152. The summed E-state index contributed by atoms with van der Waals surface area (Å²) in [6.07, 6.45) is 7.47. The zero-order valence-electron chi connectivity index (χ0n) is 7.10. The molecule has 1 saturated heterocycles. The van der Waals surface area contributed by atoms with Crippen molar-refractivity contribution >= 4 is 10.0 Å². The third kappa shape index (κ3) is 1.29. The fourth-order valence-electron chi connectivity index (χ4n) is 2.08. The summed E-state index contributed by atoms with van der Waals surface area (Å²) < 4.78 is 24.1. The minimum Gasteiger partial charge on any atom is -0.212 e. The van der Waals surface area contributed by atoms with E-state index in [2.05, 4.69) is 6.08 Å². The van der Waals surface area contributed by atoms with Crippen molar-refractivity contribution in [2.45, 2.75) is 18.9 Å². The number of hydrogen-bond donors (Lipinski definition) is 0. The molecule has 2 atom stereocenters. The van der Waals surface area contributed by atoms with Crippen LogP contribution in [0.15, 0.2) is 12.2 Å². The lowest BCUT2D eigenvalue weighted by Crippen LogP contribution is -2.33. The van der Waals surface area contributed by atoms with Gasteiger partial charge >= 0.3 is 0 Å². The second-order valence-electron chi connectivity index (χ2n) is 3.67. The van der Waals surface area contributed by atoms with Crippen LogP contribution in [0.25, 0.3) is 0 Å². The third-order valence-corrected chi connectivity index (χ3v) is 3.91. The van der Waals surface area contributed by atoms with Crippen LogP contribution in [-0.4, -0.2) is 31.6 Å². The Bertz CT molecular complexity index is 307. The summed E-state index contributed by atoms with van der Waals surface area (Å²) in [5.41, 5.74) is 0. The first kappa shape index (κ1) is 8.26. The highest BCUT2D eigenvalue weighted by Crippen LogP contribution is 2.32. The molecule has 1 heterocycles. The number of allylic oxidation sites excluding steroid dienone is 1. The largest absolute Gasteiger partial charge is 0.212 e. The Kier molecular flexibility index (Phi) is 1.77. The van der Waals surface area contributed by atoms with Crippen LogP contribution in [0, 0.1) is 5.92 Å². The van der Waals surface area contributed by atoms with Crippen LogP contribution in [0.1, 0.15) is 12.8 Å². The Labute approximate surface area is 73.1 Å². The quantitative estimate of drug-likeness (QED) is 0.564. The van der Waals surface area contributed by atoms with Gasteiger partial charge in [0.2, 0.25) is 10.0 Å². The zero-order chi connectivity index (χ0) is 8.77. The molecule has 0 saturated carbocycles. The fraction of sp³-hybridized carbons (Fsp3) is 0.750. The van der Waals surface area contributed by atoms with Crippen molar-refractivity contribution < 1.29 is 8.42 Å². The molecule has 2 aliphatic rings. The van der Waals surface area contributed by atoms with E-state index < -0.39 is 10.0 Å². The molecule has 3 nitrogen and oxygen atoms in total. The van der Waals surface area contributed by atoms with Crippen molar-refractivity contribution in [1.82, 2.24) is 4.31 Å². The highest BCUT2D eigenvalue weighted by atomic mass is 32.2. The molecule has 1 aliphatic heterocycles. The van der Waals surface area contributed by atoms with Crippen LogP contribution >= 0.6 is 0 Å². The van der Waals surface area contributed by atoms with Gasteiger partial charge in [0.25, 0.3) is 0 Å². The Morgan fingerprint density at radius 3 is 2.83 bits per heavy atom. The normalized spacial score (nSPS) is 35.8. The van der Waals surface area contributed by atoms with Gasteiger partial charge in [-0.15, -0.1) is 0 Å². The number of fused-ring (bicyclic) bond motifs is 2. The van der Waals surface area contributed by atoms with E-state index in [9.17, 15) is 8.42 Å². The molecule has 0 aromatic rings. The van der Waals surface area contributed by atoms with Crippen molar-refractivity contribution in [2.24, 2.45) is 5.92 Å². The lowest BCUT2D eigenvalue weighted by atomic mass is 9.97. The smallest absolute Gasteiger partial charge is 0.211 e. The van der Waals surface area contributed by atoms with E-state index in [-0.39, 0.29) is 6.04 Å². The van der Waals surface area contributed by atoms with Gasteiger partial charge in [-0.25, -0.2) is 8.42 Å². The molecule has 0 aromatic carbocycles. The van der Waals surface area contributed by atoms with Gasteiger partial charge in [-0.1, -0.05) is 12.2 Å². The lowest BCUT2D eigenvalue weighted by Gasteiger charge is -2.18. The Morgan fingerprint density at radius 2 is 2.25 bits per heavy atom. The highest BCUT2D eigenvalue weighted by molar-refractivity contribution is 7.88. The maximum Gasteiger partial charge on any atom is 0.211 e. The van der Waals surface area contributed by atoms with Gasteiger partial charge in [-0.05, 0) is 18.8 Å². The van der Waals surface area contributed by atoms with Gasteiger partial charge in [0, 0.05) is 12.6 Å². The molecule has 0 spiro atoms. The van der Waals surface area contributed by atoms with Crippen LogP contribution in [0.3, 0.4) is 0 Å². The van der Waals surface area contributed by atoms with E-state index >= 15 is 0 Å². The lowest BCUT2D eigenvalue weighted by molar-refractivity contribution is 0.434. The summed E-state index contributed by atoms with van der Waals surface area (Å²) >= 11 is 0. The first-order chi connectivity index (χ1) is 5.57. The van der Waals surface area contributed by atoms with Gasteiger partial charge in [-0.2, -0.15) is 4.31 Å². The standard InChI is InChI=1S/C8H13NO2S/c1-12(10,11)9-6-7-3-2-4-8(9)5-7/h2,4,7-8H,3,5-6H2,1H3. The zero-order valence-corrected chi connectivity index (χ0v) is 7.92. The molecular formula is C8H13NO2S. The molecule has 2 rings (SSSR count). The number of sulfonamides is 1. The molecule has 12 heavy (non-hydrogen) atoms. The van der Waals surface area contributed by atoms with E-state index in [1.807, 2.05) is 6.08 Å². The molecule has 1 fully saturated rings. The summed E-state index contributed by atoms with van der Waals surface area (Å²) in [6.45, 7) is 0.719. The molecule has 0 radical (unpaired) electrons. The highest BCUT2D eigenvalue weighted by Gasteiger charge is 2.37. The molecule has 1 aliphatic carbocycles. The molecule has 68 valence electrons. The van der Waals surface area contributed by atoms with Crippen molar-refractivity contribution in [3.05, 3.63) is 12.2 Å². The van der Waals surface area contributed by atoms with E-state index in [0.29, 0.717) is 5.92 Å². The van der Waals surface area contributed by atoms with Gasteiger partial charge in [-0.3, -0.25) is 0 Å². The Balaban J connectivity index is 2.27. The van der Waals surface area contributed by atoms with Gasteiger partial charge in [0.05, 0.1) is 6.26 Å². The predicted octanol–water partition coefficient (Wildman–Crippen LogP) is 0.596. The van der Waals surface area contributed by atoms with Crippen LogP contribution in [0.2, 0.25) is 0 Å². The Hall–Kier alpha value is -0.350. The first-order valence-corrected chi connectivity index (χ1v) is 6.05. The molecule has 4 heteroatoms. The van der Waals surface area contributed by atoms with Crippen LogP contribution in [0.5, 0.6) is 0 Å². The second-order valence-corrected chi connectivity index (χ2v) is 5.60. The summed E-state index contributed by atoms with van der Waals surface area (Å²) in [6, 6.07) is 0.152. The number of nitrogens with zero attached hydrogens (tertiary/aromatic N) is 1. The maximum atomic E-state index is 11.3. The predicted molar refractivity (Wildman–Crippen MR) is 47.2 cm³/mol. The van der Waals surface area contributed by atoms with Crippen molar-refractivity contribution in [2.75, 3.05) is 12.8 Å². The van der Waals surface area contributed by atoms with E-state index in [1.165, 1.54) is 6.26 Å². The molecule has 0 amide bonds.